The molecule has 3 aromatic heterocycles. The Morgan fingerprint density at radius 1 is 1.33 bits per heavy atom. The highest BCUT2D eigenvalue weighted by Crippen LogP contribution is 2.24. The molecule has 7 heteroatoms. The van der Waals surface area contributed by atoms with E-state index in [2.05, 4.69) is 15.3 Å². The van der Waals surface area contributed by atoms with E-state index < -0.39 is 11.5 Å². The molecule has 3 rings (SSSR count). The van der Waals surface area contributed by atoms with Gasteiger partial charge in [0.25, 0.3) is 11.5 Å². The van der Waals surface area contributed by atoms with E-state index in [1.165, 1.54) is 12.3 Å². The minimum Gasteiger partial charge on any atom is -0.463 e. The lowest BCUT2D eigenvalue weighted by molar-refractivity contribution is 0.0939. The number of aromatic amines is 1. The quantitative estimate of drug-likeness (QED) is 0.761. The minimum atomic E-state index is -0.453. The second kappa shape index (κ2) is 6.45. The predicted molar refractivity (Wildman–Crippen MR) is 92.2 cm³/mol. The summed E-state index contributed by atoms with van der Waals surface area (Å²) >= 11 is 1.54. The first kappa shape index (κ1) is 16.2. The van der Waals surface area contributed by atoms with E-state index in [9.17, 15) is 9.59 Å². The van der Waals surface area contributed by atoms with Gasteiger partial charge in [-0.15, -0.1) is 11.3 Å². The third kappa shape index (κ3) is 3.16. The molecule has 0 fully saturated rings. The minimum absolute atomic E-state index is 0.0658. The molecular weight excluding hydrogens is 326 g/mol. The van der Waals surface area contributed by atoms with Gasteiger partial charge in [0.05, 0.1) is 28.7 Å². The molecule has 3 heterocycles. The average Bonchev–Trinajstić information content (AvgIpc) is 3.16. The maximum atomic E-state index is 12.4. The summed E-state index contributed by atoms with van der Waals surface area (Å²) in [7, 11) is 0. The predicted octanol–water partition coefficient (Wildman–Crippen LogP) is 3.20. The number of carbonyl (C=O) groups is 1. The van der Waals surface area contributed by atoms with Gasteiger partial charge >= 0.3 is 0 Å². The Labute approximate surface area is 142 Å². The molecule has 0 saturated heterocycles. The molecule has 3 aromatic rings. The third-order valence-electron chi connectivity index (χ3n) is 3.62. The van der Waals surface area contributed by atoms with Crippen LogP contribution < -0.4 is 10.9 Å². The highest BCUT2D eigenvalue weighted by molar-refractivity contribution is 7.11. The summed E-state index contributed by atoms with van der Waals surface area (Å²) in [6, 6.07) is 6.41. The van der Waals surface area contributed by atoms with Crippen molar-refractivity contribution >= 4 is 17.2 Å². The van der Waals surface area contributed by atoms with E-state index in [1.54, 1.807) is 29.5 Å². The van der Waals surface area contributed by atoms with Crippen molar-refractivity contribution in [2.45, 2.75) is 26.8 Å². The number of rotatable bonds is 4. The third-order valence-corrected chi connectivity index (χ3v) is 4.88. The fourth-order valence-electron chi connectivity index (χ4n) is 2.52. The van der Waals surface area contributed by atoms with E-state index >= 15 is 0 Å². The molecule has 0 aliphatic carbocycles. The van der Waals surface area contributed by atoms with Gasteiger partial charge in [0.2, 0.25) is 0 Å². The second-order valence-electron chi connectivity index (χ2n) is 5.47. The van der Waals surface area contributed by atoms with Crippen molar-refractivity contribution < 1.29 is 9.21 Å². The van der Waals surface area contributed by atoms with Gasteiger partial charge in [0.15, 0.2) is 0 Å². The van der Waals surface area contributed by atoms with Crippen LogP contribution in [0.4, 0.5) is 0 Å². The lowest BCUT2D eigenvalue weighted by Crippen LogP contribution is -2.31. The largest absolute Gasteiger partial charge is 0.463 e. The van der Waals surface area contributed by atoms with Crippen molar-refractivity contribution in [3.8, 4) is 11.5 Å². The van der Waals surface area contributed by atoms with E-state index in [0.29, 0.717) is 11.5 Å². The van der Waals surface area contributed by atoms with Crippen LogP contribution in [0.5, 0.6) is 0 Å². The van der Waals surface area contributed by atoms with E-state index in [-0.39, 0.29) is 11.6 Å². The lowest BCUT2D eigenvalue weighted by Gasteiger charge is -2.12. The number of aryl methyl sites for hydroxylation is 2. The summed E-state index contributed by atoms with van der Waals surface area (Å²) in [6.45, 7) is 5.71. The molecule has 0 unspecified atom stereocenters. The summed E-state index contributed by atoms with van der Waals surface area (Å²) in [6.07, 6.45) is 1.52. The first-order chi connectivity index (χ1) is 11.5. The average molecular weight is 343 g/mol. The molecular formula is C17H17N3O3S. The Kier molecular flexibility index (Phi) is 4.35. The fourth-order valence-corrected chi connectivity index (χ4v) is 3.45. The molecule has 24 heavy (non-hydrogen) atoms. The van der Waals surface area contributed by atoms with Gasteiger partial charge in [-0.3, -0.25) is 9.59 Å². The number of hydrogen-bond acceptors (Lipinski definition) is 5. The molecule has 124 valence electrons. The number of H-pyrrole nitrogens is 1. The fraction of sp³-hybridized carbons (Fsp3) is 0.235. The maximum absolute atomic E-state index is 12.4. The summed E-state index contributed by atoms with van der Waals surface area (Å²) in [5, 5.41) is 3.80. The van der Waals surface area contributed by atoms with Crippen LogP contribution in [0.25, 0.3) is 11.5 Å². The van der Waals surface area contributed by atoms with Crippen LogP contribution in [-0.2, 0) is 0 Å². The molecule has 0 aliphatic heterocycles. The molecule has 0 spiro atoms. The number of carbonyl (C=O) groups excluding carboxylic acids is 1. The zero-order valence-electron chi connectivity index (χ0n) is 13.5. The second-order valence-corrected chi connectivity index (χ2v) is 6.70. The Balaban J connectivity index is 1.80. The standard InChI is InChI=1S/C17H17N3O3S/c1-9-15(24-11(3)18-9)10(2)19-16(21)12-6-7-13(20-17(12)22)14-5-4-8-23-14/h4-8,10H,1-3H3,(H,19,21)(H,20,22)/t10-/m1/s1. The summed E-state index contributed by atoms with van der Waals surface area (Å²) in [5.74, 6) is 0.128. The number of hydrogen-bond donors (Lipinski definition) is 2. The summed E-state index contributed by atoms with van der Waals surface area (Å²) in [5.41, 5.74) is 1.04. The van der Waals surface area contributed by atoms with Crippen LogP contribution in [0.2, 0.25) is 0 Å². The van der Waals surface area contributed by atoms with Crippen molar-refractivity contribution in [2.24, 2.45) is 0 Å². The van der Waals surface area contributed by atoms with Crippen molar-refractivity contribution in [3.05, 3.63) is 62.0 Å². The molecule has 6 nitrogen and oxygen atoms in total. The van der Waals surface area contributed by atoms with E-state index in [4.69, 9.17) is 4.42 Å². The number of aromatic nitrogens is 2. The Bertz CT molecular complexity index is 925. The Morgan fingerprint density at radius 3 is 2.71 bits per heavy atom. The van der Waals surface area contributed by atoms with Crippen LogP contribution in [0, 0.1) is 13.8 Å². The Morgan fingerprint density at radius 2 is 2.12 bits per heavy atom. The van der Waals surface area contributed by atoms with Gasteiger partial charge in [0, 0.05) is 4.88 Å². The number of thiazole rings is 1. The zero-order valence-corrected chi connectivity index (χ0v) is 14.4. The highest BCUT2D eigenvalue weighted by atomic mass is 32.1. The SMILES string of the molecule is Cc1nc(C)c([C@@H](C)NC(=O)c2ccc(-c3ccco3)[nH]c2=O)s1. The number of amides is 1. The van der Waals surface area contributed by atoms with Crippen LogP contribution >= 0.6 is 11.3 Å². The topological polar surface area (TPSA) is 88.0 Å². The first-order valence-corrected chi connectivity index (χ1v) is 8.29. The van der Waals surface area contributed by atoms with Crippen LogP contribution in [0.3, 0.4) is 0 Å². The van der Waals surface area contributed by atoms with Gasteiger partial charge in [-0.1, -0.05) is 0 Å². The molecule has 0 aromatic carbocycles. The van der Waals surface area contributed by atoms with Gasteiger partial charge in [-0.25, -0.2) is 4.98 Å². The van der Waals surface area contributed by atoms with Crippen molar-refractivity contribution in [2.75, 3.05) is 0 Å². The zero-order chi connectivity index (χ0) is 17.3. The van der Waals surface area contributed by atoms with Crippen molar-refractivity contribution in [1.29, 1.82) is 0 Å². The van der Waals surface area contributed by atoms with E-state index in [0.717, 1.165) is 15.6 Å². The summed E-state index contributed by atoms with van der Waals surface area (Å²) in [4.78, 5) is 32.6. The molecule has 0 saturated carbocycles. The van der Waals surface area contributed by atoms with E-state index in [1.807, 2.05) is 20.8 Å². The van der Waals surface area contributed by atoms with Gasteiger partial charge in [-0.2, -0.15) is 0 Å². The van der Waals surface area contributed by atoms with Gasteiger partial charge in [0.1, 0.15) is 11.3 Å². The maximum Gasteiger partial charge on any atom is 0.261 e. The van der Waals surface area contributed by atoms with Crippen molar-refractivity contribution in [1.82, 2.24) is 15.3 Å². The number of furan rings is 1. The molecule has 1 amide bonds. The monoisotopic (exact) mass is 343 g/mol. The normalized spacial score (nSPS) is 12.1. The first-order valence-electron chi connectivity index (χ1n) is 7.47. The molecule has 0 aliphatic rings. The highest BCUT2D eigenvalue weighted by Gasteiger charge is 2.18. The number of nitrogens with zero attached hydrogens (tertiary/aromatic N) is 1. The molecule has 0 bridgehead atoms. The molecule has 2 N–H and O–H groups in total. The van der Waals surface area contributed by atoms with Gasteiger partial charge in [-0.05, 0) is 45.0 Å². The summed E-state index contributed by atoms with van der Waals surface area (Å²) < 4.78 is 5.24. The van der Waals surface area contributed by atoms with Crippen LogP contribution in [0.15, 0.2) is 39.7 Å². The van der Waals surface area contributed by atoms with Crippen molar-refractivity contribution in [3.63, 3.8) is 0 Å². The van der Waals surface area contributed by atoms with Crippen LogP contribution in [0.1, 0.15) is 38.9 Å². The number of nitrogens with one attached hydrogen (secondary N) is 2. The van der Waals surface area contributed by atoms with Crippen LogP contribution in [-0.4, -0.2) is 15.9 Å². The lowest BCUT2D eigenvalue weighted by atomic mass is 10.2. The van der Waals surface area contributed by atoms with Gasteiger partial charge < -0.3 is 14.7 Å². The molecule has 0 radical (unpaired) electrons. The molecule has 1 atom stereocenters. The number of pyridine rings is 1. The Hall–Kier alpha value is -2.67. The smallest absolute Gasteiger partial charge is 0.261 e.